The molecule has 0 amide bonds. The molecule has 2 fully saturated rings. The highest BCUT2D eigenvalue weighted by atomic mass is 32.2. The summed E-state index contributed by atoms with van der Waals surface area (Å²) in [6.07, 6.45) is 6.45. The van der Waals surface area contributed by atoms with Crippen LogP contribution in [0.15, 0.2) is 24.0 Å². The maximum absolute atomic E-state index is 14.4. The first-order valence-electron chi connectivity index (χ1n) is 14.9. The lowest BCUT2D eigenvalue weighted by atomic mass is 9.77. The summed E-state index contributed by atoms with van der Waals surface area (Å²) in [4.78, 5) is 30.3. The smallest absolute Gasteiger partial charge is 0.339 e. The van der Waals surface area contributed by atoms with Gasteiger partial charge in [0, 0.05) is 11.3 Å². The van der Waals surface area contributed by atoms with Crippen LogP contribution in [-0.4, -0.2) is 70.6 Å². The number of rotatable bonds is 5. The molecule has 0 aromatic heterocycles. The monoisotopic (exact) mass is 585 g/mol. The summed E-state index contributed by atoms with van der Waals surface area (Å²) in [5.74, 6) is 1.48. The van der Waals surface area contributed by atoms with Gasteiger partial charge in [-0.3, -0.25) is 9.69 Å². The third-order valence-corrected chi connectivity index (χ3v) is 10.2. The van der Waals surface area contributed by atoms with Crippen LogP contribution in [0.2, 0.25) is 0 Å². The van der Waals surface area contributed by atoms with Crippen molar-refractivity contribution in [1.82, 2.24) is 4.90 Å². The molecule has 1 spiro atoms. The number of thioether (sulfide) groups is 1. The zero-order valence-electron chi connectivity index (χ0n) is 25.2. The fraction of sp³-hybridized carbons (Fsp3) is 0.688. The molecule has 4 aliphatic heterocycles. The molecule has 4 atom stereocenters. The molecule has 4 unspecified atom stereocenters. The van der Waals surface area contributed by atoms with E-state index in [0.717, 1.165) is 62.3 Å². The van der Waals surface area contributed by atoms with Crippen LogP contribution in [0, 0.1) is 0 Å². The van der Waals surface area contributed by atoms with E-state index < -0.39 is 23.3 Å². The van der Waals surface area contributed by atoms with Crippen molar-refractivity contribution in [2.45, 2.75) is 113 Å². The van der Waals surface area contributed by atoms with E-state index in [-0.39, 0.29) is 34.5 Å². The molecule has 1 aliphatic carbocycles. The van der Waals surface area contributed by atoms with Gasteiger partial charge in [-0.05, 0) is 88.3 Å². The van der Waals surface area contributed by atoms with E-state index in [1.165, 1.54) is 17.3 Å². The third kappa shape index (κ3) is 5.16. The molecular formula is C32H43NO7S. The molecule has 1 aromatic rings. The number of methoxy groups -OCH3 is 1. The van der Waals surface area contributed by atoms with E-state index in [2.05, 4.69) is 23.1 Å². The summed E-state index contributed by atoms with van der Waals surface area (Å²) in [6.45, 7) is 12.1. The Morgan fingerprint density at radius 1 is 1.07 bits per heavy atom. The van der Waals surface area contributed by atoms with Gasteiger partial charge in [-0.15, -0.1) is 0 Å². The van der Waals surface area contributed by atoms with E-state index in [1.54, 1.807) is 7.11 Å². The molecule has 8 nitrogen and oxygen atoms in total. The minimum Gasteiger partial charge on any atom is -0.497 e. The second kappa shape index (κ2) is 10.2. The molecule has 2 saturated heterocycles. The van der Waals surface area contributed by atoms with Crippen molar-refractivity contribution in [2.24, 2.45) is 0 Å². The summed E-state index contributed by atoms with van der Waals surface area (Å²) in [5, 5.41) is -0.0629. The quantitative estimate of drug-likeness (QED) is 0.415. The fourth-order valence-electron chi connectivity index (χ4n) is 7.70. The van der Waals surface area contributed by atoms with Crippen molar-refractivity contribution in [3.05, 3.63) is 35.1 Å². The normalized spacial score (nSPS) is 31.9. The number of hydrogen-bond donors (Lipinski definition) is 0. The second-order valence-corrected chi connectivity index (χ2v) is 15.6. The predicted octanol–water partition coefficient (Wildman–Crippen LogP) is 5.51. The summed E-state index contributed by atoms with van der Waals surface area (Å²) < 4.78 is 30.3. The molecule has 41 heavy (non-hydrogen) atoms. The molecule has 6 rings (SSSR count). The van der Waals surface area contributed by atoms with E-state index in [9.17, 15) is 9.59 Å². The van der Waals surface area contributed by atoms with E-state index in [4.69, 9.17) is 23.7 Å². The minimum atomic E-state index is -1.34. The van der Waals surface area contributed by atoms with Gasteiger partial charge in [0.1, 0.15) is 5.76 Å². The second-order valence-electron chi connectivity index (χ2n) is 13.8. The van der Waals surface area contributed by atoms with Crippen LogP contribution >= 0.6 is 11.8 Å². The average Bonchev–Trinajstić information content (AvgIpc) is 3.55. The van der Waals surface area contributed by atoms with Gasteiger partial charge >= 0.3 is 5.97 Å². The van der Waals surface area contributed by atoms with E-state index >= 15 is 0 Å². The van der Waals surface area contributed by atoms with Gasteiger partial charge in [-0.1, -0.05) is 32.5 Å². The molecule has 1 aromatic carbocycles. The Hall–Kier alpha value is -2.23. The van der Waals surface area contributed by atoms with Crippen molar-refractivity contribution in [2.75, 3.05) is 27.0 Å². The van der Waals surface area contributed by atoms with Gasteiger partial charge in [0.05, 0.1) is 30.6 Å². The predicted molar refractivity (Wildman–Crippen MR) is 156 cm³/mol. The molecule has 0 saturated carbocycles. The zero-order valence-corrected chi connectivity index (χ0v) is 26.0. The Labute approximate surface area is 247 Å². The molecule has 4 heterocycles. The Bertz CT molecular complexity index is 1270. The SMILES string of the molecule is COC1=CC23CCCN2CCc2cc4c(cc2C3C1OC(=O)C1(CC(=O)SC(C)(C)C)CCCC(C)(C)O1)OCO4. The summed E-state index contributed by atoms with van der Waals surface area (Å²) in [7, 11) is 1.65. The average molecular weight is 586 g/mol. The van der Waals surface area contributed by atoms with Gasteiger partial charge < -0.3 is 23.7 Å². The molecule has 224 valence electrons. The number of benzene rings is 1. The number of hydrogen-bond acceptors (Lipinski definition) is 9. The van der Waals surface area contributed by atoms with Crippen molar-refractivity contribution >= 4 is 22.8 Å². The summed E-state index contributed by atoms with van der Waals surface area (Å²) in [5.41, 5.74) is 0.0752. The fourth-order valence-corrected chi connectivity index (χ4v) is 8.69. The molecule has 0 bridgehead atoms. The Balaban J connectivity index is 1.38. The molecule has 0 radical (unpaired) electrons. The Morgan fingerprint density at radius 3 is 2.54 bits per heavy atom. The van der Waals surface area contributed by atoms with Crippen molar-refractivity contribution in [1.29, 1.82) is 0 Å². The third-order valence-electron chi connectivity index (χ3n) is 9.25. The van der Waals surface area contributed by atoms with Gasteiger partial charge in [0.2, 0.25) is 6.79 Å². The van der Waals surface area contributed by atoms with Crippen LogP contribution in [0.5, 0.6) is 11.5 Å². The number of ether oxygens (including phenoxy) is 5. The van der Waals surface area contributed by atoms with Crippen LogP contribution in [0.4, 0.5) is 0 Å². The number of esters is 1. The largest absolute Gasteiger partial charge is 0.497 e. The zero-order chi connectivity index (χ0) is 29.2. The maximum atomic E-state index is 14.4. The highest BCUT2D eigenvalue weighted by Crippen LogP contribution is 2.56. The first-order chi connectivity index (χ1) is 19.3. The minimum absolute atomic E-state index is 0.0207. The summed E-state index contributed by atoms with van der Waals surface area (Å²) in [6, 6.07) is 4.17. The highest BCUT2D eigenvalue weighted by Gasteiger charge is 2.60. The standard InChI is InChI=1S/C32H43NO7S/c1-29(2,3)41-25(34)18-32(12-7-10-30(4,5)40-32)28(35)39-27-24(36-6)17-31-11-8-13-33(31)14-9-20-15-22-23(38-19-37-22)16-21(20)26(27)31/h15-17,26-27H,7-14,18-19H2,1-6H3. The molecule has 9 heteroatoms. The van der Waals surface area contributed by atoms with Crippen LogP contribution in [-0.2, 0) is 30.2 Å². The van der Waals surface area contributed by atoms with Gasteiger partial charge in [-0.2, -0.15) is 0 Å². The van der Waals surface area contributed by atoms with Gasteiger partial charge in [0.25, 0.3) is 0 Å². The molecule has 0 N–H and O–H groups in total. The van der Waals surface area contributed by atoms with E-state index in [0.29, 0.717) is 12.2 Å². The number of carbonyl (C=O) groups excluding carboxylic acids is 2. The first-order valence-corrected chi connectivity index (χ1v) is 15.7. The maximum Gasteiger partial charge on any atom is 0.339 e. The van der Waals surface area contributed by atoms with Crippen LogP contribution in [0.1, 0.15) is 90.2 Å². The molecular weight excluding hydrogens is 542 g/mol. The van der Waals surface area contributed by atoms with Crippen molar-refractivity contribution < 1.29 is 33.3 Å². The molecule has 5 aliphatic rings. The van der Waals surface area contributed by atoms with Gasteiger partial charge in [0.15, 0.2) is 28.3 Å². The number of nitrogens with zero attached hydrogens (tertiary/aromatic N) is 1. The summed E-state index contributed by atoms with van der Waals surface area (Å²) >= 11 is 1.25. The van der Waals surface area contributed by atoms with Crippen LogP contribution < -0.4 is 9.47 Å². The lowest BCUT2D eigenvalue weighted by Gasteiger charge is -2.44. The lowest BCUT2D eigenvalue weighted by Crippen LogP contribution is -2.54. The lowest BCUT2D eigenvalue weighted by molar-refractivity contribution is -0.213. The van der Waals surface area contributed by atoms with Crippen LogP contribution in [0.3, 0.4) is 0 Å². The Morgan fingerprint density at radius 2 is 1.83 bits per heavy atom. The van der Waals surface area contributed by atoms with Crippen molar-refractivity contribution in [3.8, 4) is 11.5 Å². The Kier molecular flexibility index (Phi) is 7.18. The van der Waals surface area contributed by atoms with Gasteiger partial charge in [-0.25, -0.2) is 4.79 Å². The highest BCUT2D eigenvalue weighted by molar-refractivity contribution is 8.14. The topological polar surface area (TPSA) is 83.5 Å². The van der Waals surface area contributed by atoms with Crippen LogP contribution in [0.25, 0.3) is 0 Å². The van der Waals surface area contributed by atoms with Crippen molar-refractivity contribution in [3.63, 3.8) is 0 Å². The number of carbonyl (C=O) groups is 2. The first kappa shape index (κ1) is 28.9. The van der Waals surface area contributed by atoms with E-state index in [1.807, 2.05) is 34.6 Å². The number of fused-ring (bicyclic) bond motifs is 3.